The number of aliphatic carboxylic acids is 1. The summed E-state index contributed by atoms with van der Waals surface area (Å²) in [4.78, 5) is 26.2. The number of rotatable bonds is 10. The van der Waals surface area contributed by atoms with Gasteiger partial charge in [0.2, 0.25) is 0 Å². The van der Waals surface area contributed by atoms with Crippen LogP contribution in [-0.4, -0.2) is 67.2 Å². The first-order chi connectivity index (χ1) is 17.1. The first kappa shape index (κ1) is 31.2. The van der Waals surface area contributed by atoms with Gasteiger partial charge in [0.15, 0.2) is 5.69 Å². The fourth-order valence-corrected chi connectivity index (χ4v) is 4.76. The maximum atomic E-state index is 13.6. The molecule has 1 aliphatic rings. The molecule has 3 N–H and O–H groups in total. The molecule has 0 aliphatic heterocycles. The zero-order valence-corrected chi connectivity index (χ0v) is 24.1. The minimum absolute atomic E-state index is 0. The van der Waals surface area contributed by atoms with Crippen LogP contribution in [0.5, 0.6) is 0 Å². The van der Waals surface area contributed by atoms with Crippen molar-refractivity contribution in [3.8, 4) is 5.69 Å². The first-order valence-electron chi connectivity index (χ1n) is 12.5. The van der Waals surface area contributed by atoms with E-state index in [9.17, 15) is 24.2 Å². The quantitative estimate of drug-likeness (QED) is 0.402. The number of aliphatic hydroxyl groups excluding tert-OH is 2. The van der Waals surface area contributed by atoms with Crippen LogP contribution in [0.25, 0.3) is 11.8 Å². The van der Waals surface area contributed by atoms with Crippen LogP contribution >= 0.6 is 0 Å². The molecule has 1 aromatic carbocycles. The number of benzene rings is 1. The van der Waals surface area contributed by atoms with Crippen molar-refractivity contribution in [3.63, 3.8) is 0 Å². The Morgan fingerprint density at radius 1 is 1.19 bits per heavy atom. The van der Waals surface area contributed by atoms with Crippen molar-refractivity contribution in [1.29, 1.82) is 0 Å². The summed E-state index contributed by atoms with van der Waals surface area (Å²) in [5.41, 5.74) is 2.12. The van der Waals surface area contributed by atoms with E-state index >= 15 is 0 Å². The van der Waals surface area contributed by atoms with Gasteiger partial charge in [0.05, 0.1) is 30.0 Å². The van der Waals surface area contributed by atoms with Crippen LogP contribution < -0.4 is 29.6 Å². The van der Waals surface area contributed by atoms with E-state index < -0.39 is 30.4 Å². The summed E-state index contributed by atoms with van der Waals surface area (Å²) in [6, 6.07) is 5.91. The van der Waals surface area contributed by atoms with Crippen LogP contribution in [0.4, 0.5) is 4.39 Å². The van der Waals surface area contributed by atoms with Gasteiger partial charge in [0.1, 0.15) is 5.82 Å². The van der Waals surface area contributed by atoms with Gasteiger partial charge in [-0.05, 0) is 49.1 Å². The smallest absolute Gasteiger partial charge is 1.00 e. The number of nitrogens with zero attached hydrogens (tertiary/aromatic N) is 3. The molecule has 8 nitrogen and oxygen atoms in total. The number of carbonyl (C=O) groups excluding carboxylic acids is 1. The summed E-state index contributed by atoms with van der Waals surface area (Å²) >= 11 is 0. The molecule has 198 valence electrons. The molecule has 0 spiro atoms. The van der Waals surface area contributed by atoms with Gasteiger partial charge >= 0.3 is 35.5 Å². The summed E-state index contributed by atoms with van der Waals surface area (Å²) in [6.45, 7) is 3.90. The fourth-order valence-electron chi connectivity index (χ4n) is 4.76. The predicted molar refractivity (Wildman–Crippen MR) is 136 cm³/mol. The van der Waals surface area contributed by atoms with Crippen molar-refractivity contribution >= 4 is 18.0 Å². The number of carboxylic acid groups (broad SMARTS) is 1. The van der Waals surface area contributed by atoms with Gasteiger partial charge in [-0.3, -0.25) is 9.59 Å². The van der Waals surface area contributed by atoms with E-state index in [0.717, 1.165) is 25.7 Å². The number of carboxylic acids is 1. The molecule has 37 heavy (non-hydrogen) atoms. The summed E-state index contributed by atoms with van der Waals surface area (Å²) in [6.07, 6.45) is 5.40. The Morgan fingerprint density at radius 3 is 2.38 bits per heavy atom. The van der Waals surface area contributed by atoms with E-state index in [2.05, 4.69) is 5.10 Å². The summed E-state index contributed by atoms with van der Waals surface area (Å²) in [7, 11) is 1.81. The van der Waals surface area contributed by atoms with Gasteiger partial charge in [-0.15, -0.1) is 0 Å². The molecule has 0 radical (unpaired) electrons. The SMILES string of the molecule is CC(C)c1c(C(=O)N(C)C2CCCCC2)nn(-c2ccc(F)cc2)c1/C=C/[C@H](O)C[C@@H](O)CC(=O)O.[H-].[Na+]. The van der Waals surface area contributed by atoms with E-state index in [1.54, 1.807) is 27.8 Å². The van der Waals surface area contributed by atoms with Crippen LogP contribution in [0, 0.1) is 5.82 Å². The van der Waals surface area contributed by atoms with Crippen LogP contribution in [0.2, 0.25) is 0 Å². The molecular weight excluding hydrogens is 488 g/mol. The second-order valence-electron chi connectivity index (χ2n) is 9.81. The van der Waals surface area contributed by atoms with Crippen molar-refractivity contribution in [3.05, 3.63) is 53.1 Å². The predicted octanol–water partition coefficient (Wildman–Crippen LogP) is 1.26. The third-order valence-electron chi connectivity index (χ3n) is 6.65. The van der Waals surface area contributed by atoms with Crippen molar-refractivity contribution in [2.45, 2.75) is 83.0 Å². The summed E-state index contributed by atoms with van der Waals surface area (Å²) in [5.74, 6) is -1.82. The van der Waals surface area contributed by atoms with Gasteiger partial charge in [-0.25, -0.2) is 9.07 Å². The molecule has 2 atom stereocenters. The molecule has 10 heteroatoms. The standard InChI is InChI=1S/C27H36FN3O5.Na.H/c1-17(2)25-23(14-13-21(32)15-22(33)16-24(34)35)31(20-11-9-18(28)10-12-20)29-26(25)27(36)30(3)19-7-5-4-6-8-19;;/h9-14,17,19,21-22,32-33H,4-8,15-16H2,1-3H3,(H,34,35);;/q;+1;-1/b14-13+;;/t21-,22+;;/m0../s1. The number of aliphatic hydroxyl groups is 2. The van der Waals surface area contributed by atoms with Gasteiger partial charge in [-0.2, -0.15) is 5.10 Å². The molecule has 1 aromatic heterocycles. The van der Waals surface area contributed by atoms with E-state index in [0.29, 0.717) is 22.6 Å². The topological polar surface area (TPSA) is 116 Å². The zero-order chi connectivity index (χ0) is 26.4. The molecule has 0 bridgehead atoms. The average molecular weight is 526 g/mol. The van der Waals surface area contributed by atoms with Crippen molar-refractivity contribution in [2.24, 2.45) is 0 Å². The number of halogens is 1. The van der Waals surface area contributed by atoms with E-state index in [4.69, 9.17) is 5.11 Å². The molecule has 0 saturated heterocycles. The van der Waals surface area contributed by atoms with Gasteiger partial charge < -0.3 is 21.6 Å². The second-order valence-corrected chi connectivity index (χ2v) is 9.81. The minimum atomic E-state index is -1.20. The average Bonchev–Trinajstić information content (AvgIpc) is 3.22. The summed E-state index contributed by atoms with van der Waals surface area (Å²) in [5, 5.41) is 33.8. The summed E-state index contributed by atoms with van der Waals surface area (Å²) < 4.78 is 15.2. The third-order valence-corrected chi connectivity index (χ3v) is 6.65. The zero-order valence-electron chi connectivity index (χ0n) is 23.1. The van der Waals surface area contributed by atoms with Crippen LogP contribution in [-0.2, 0) is 4.79 Å². The minimum Gasteiger partial charge on any atom is -1.00 e. The third kappa shape index (κ3) is 8.22. The Bertz CT molecular complexity index is 1090. The van der Waals surface area contributed by atoms with Crippen molar-refractivity contribution in [2.75, 3.05) is 7.05 Å². The molecule has 3 rings (SSSR count). The number of carbonyl (C=O) groups is 2. The van der Waals surface area contributed by atoms with Gasteiger partial charge in [0.25, 0.3) is 5.91 Å². The Kier molecular flexibility index (Phi) is 12.0. The molecule has 1 amide bonds. The van der Waals surface area contributed by atoms with Crippen LogP contribution in [0.15, 0.2) is 30.3 Å². The Labute approximate surface area is 240 Å². The molecule has 0 unspecified atom stereocenters. The number of hydrogen-bond donors (Lipinski definition) is 3. The monoisotopic (exact) mass is 525 g/mol. The normalized spacial score (nSPS) is 16.0. The van der Waals surface area contributed by atoms with Gasteiger partial charge in [0, 0.05) is 25.1 Å². The number of aromatic nitrogens is 2. The van der Waals surface area contributed by atoms with Crippen LogP contribution in [0.3, 0.4) is 0 Å². The van der Waals surface area contributed by atoms with E-state index in [-0.39, 0.29) is 55.3 Å². The fraction of sp³-hybridized carbons (Fsp3) is 0.519. The molecule has 1 fully saturated rings. The Hall–Kier alpha value is -2.04. The molecule has 1 aliphatic carbocycles. The molecular formula is C27H37FN3NaO5. The molecule has 1 heterocycles. The number of amides is 1. The first-order valence-corrected chi connectivity index (χ1v) is 12.5. The Morgan fingerprint density at radius 2 is 1.81 bits per heavy atom. The maximum absolute atomic E-state index is 13.6. The van der Waals surface area contributed by atoms with E-state index in [1.807, 2.05) is 20.9 Å². The van der Waals surface area contributed by atoms with Crippen molar-refractivity contribution < 1.29 is 60.3 Å². The van der Waals surface area contributed by atoms with Crippen molar-refractivity contribution in [1.82, 2.24) is 14.7 Å². The number of hydrogen-bond acceptors (Lipinski definition) is 5. The maximum Gasteiger partial charge on any atom is 1.00 e. The molecule has 1 saturated carbocycles. The Balaban J connectivity index is 0.00000361. The van der Waals surface area contributed by atoms with E-state index in [1.165, 1.54) is 24.6 Å². The molecule has 2 aromatic rings. The van der Waals surface area contributed by atoms with Gasteiger partial charge in [-0.1, -0.05) is 39.2 Å². The second kappa shape index (κ2) is 14.2. The van der Waals surface area contributed by atoms with Crippen LogP contribution in [0.1, 0.15) is 87.9 Å². The largest absolute Gasteiger partial charge is 1.00 e.